The van der Waals surface area contributed by atoms with Gasteiger partial charge in [0.15, 0.2) is 0 Å². The molecule has 0 amide bonds. The molecule has 0 aliphatic rings. The molecule has 0 spiro atoms. The van der Waals surface area contributed by atoms with Crippen LogP contribution < -0.4 is 0 Å². The fourth-order valence-corrected chi connectivity index (χ4v) is 1.59. The molecule has 0 radical (unpaired) electrons. The molecule has 1 N–H and O–H groups in total. The second-order valence-corrected chi connectivity index (χ2v) is 3.81. The van der Waals surface area contributed by atoms with Gasteiger partial charge in [-0.1, -0.05) is 11.3 Å². The molecule has 0 aromatic carbocycles. The van der Waals surface area contributed by atoms with Gasteiger partial charge in [0.1, 0.15) is 0 Å². The lowest BCUT2D eigenvalue weighted by atomic mass is 10.1. The smallest absolute Gasteiger partial charge is 0.0852 e. The maximum absolute atomic E-state index is 9.86. The van der Waals surface area contributed by atoms with Gasteiger partial charge in [0.25, 0.3) is 0 Å². The van der Waals surface area contributed by atoms with Crippen molar-refractivity contribution in [2.75, 3.05) is 0 Å². The van der Waals surface area contributed by atoms with Gasteiger partial charge in [-0.15, -0.1) is 5.10 Å². The van der Waals surface area contributed by atoms with E-state index in [-0.39, 0.29) is 0 Å². The lowest BCUT2D eigenvalue weighted by Gasteiger charge is -2.07. The average molecular weight is 218 g/mol. The van der Waals surface area contributed by atoms with E-state index in [9.17, 15) is 5.11 Å². The Kier molecular flexibility index (Phi) is 3.26. The second-order valence-electron chi connectivity index (χ2n) is 3.81. The van der Waals surface area contributed by atoms with E-state index in [1.165, 1.54) is 0 Å². The van der Waals surface area contributed by atoms with Crippen molar-refractivity contribution in [1.29, 1.82) is 0 Å². The minimum absolute atomic E-state index is 0.444. The van der Waals surface area contributed by atoms with Crippen LogP contribution in [-0.4, -0.2) is 31.2 Å². The summed E-state index contributed by atoms with van der Waals surface area (Å²) in [7, 11) is 1.81. The SMILES string of the molecule is Cn1cc(CC(O)Cc2cccnc2)nn1. The number of hydrogen-bond donors (Lipinski definition) is 1. The summed E-state index contributed by atoms with van der Waals surface area (Å²) in [6.45, 7) is 0. The molecule has 0 aliphatic carbocycles. The molecule has 1 atom stereocenters. The van der Waals surface area contributed by atoms with E-state index in [1.54, 1.807) is 17.1 Å². The number of aryl methyl sites for hydroxylation is 1. The molecule has 2 aromatic rings. The molecule has 5 nitrogen and oxygen atoms in total. The zero-order chi connectivity index (χ0) is 11.4. The van der Waals surface area contributed by atoms with Gasteiger partial charge in [-0.25, -0.2) is 0 Å². The Morgan fingerprint density at radius 3 is 2.94 bits per heavy atom. The lowest BCUT2D eigenvalue weighted by Crippen LogP contribution is -2.14. The van der Waals surface area contributed by atoms with Crippen LogP contribution in [0.25, 0.3) is 0 Å². The van der Waals surface area contributed by atoms with Crippen LogP contribution in [0.15, 0.2) is 30.7 Å². The molecule has 0 aliphatic heterocycles. The Balaban J connectivity index is 1.92. The van der Waals surface area contributed by atoms with Gasteiger partial charge >= 0.3 is 0 Å². The second kappa shape index (κ2) is 4.85. The van der Waals surface area contributed by atoms with Gasteiger partial charge < -0.3 is 5.11 Å². The maximum Gasteiger partial charge on any atom is 0.0852 e. The topological polar surface area (TPSA) is 63.8 Å². The molecule has 5 heteroatoms. The van der Waals surface area contributed by atoms with Crippen LogP contribution in [0.5, 0.6) is 0 Å². The van der Waals surface area contributed by atoms with E-state index in [1.807, 2.05) is 25.4 Å². The van der Waals surface area contributed by atoms with Crippen molar-refractivity contribution in [2.24, 2.45) is 7.05 Å². The predicted molar refractivity (Wildman–Crippen MR) is 58.7 cm³/mol. The molecule has 84 valence electrons. The fourth-order valence-electron chi connectivity index (χ4n) is 1.59. The minimum Gasteiger partial charge on any atom is -0.392 e. The summed E-state index contributed by atoms with van der Waals surface area (Å²) in [5, 5.41) is 17.6. The molecule has 2 aromatic heterocycles. The van der Waals surface area contributed by atoms with Gasteiger partial charge in [-0.05, 0) is 11.6 Å². The Labute approximate surface area is 93.8 Å². The molecule has 2 rings (SSSR count). The van der Waals surface area contributed by atoms with Crippen LogP contribution in [0.2, 0.25) is 0 Å². The molecule has 16 heavy (non-hydrogen) atoms. The molecular weight excluding hydrogens is 204 g/mol. The predicted octanol–water partition coefficient (Wildman–Crippen LogP) is 0.356. The van der Waals surface area contributed by atoms with Crippen LogP contribution in [0.4, 0.5) is 0 Å². The van der Waals surface area contributed by atoms with Crippen molar-refractivity contribution in [3.63, 3.8) is 0 Å². The van der Waals surface area contributed by atoms with E-state index in [2.05, 4.69) is 15.3 Å². The van der Waals surface area contributed by atoms with Crippen molar-refractivity contribution in [1.82, 2.24) is 20.0 Å². The van der Waals surface area contributed by atoms with Crippen LogP contribution in [0.1, 0.15) is 11.3 Å². The largest absolute Gasteiger partial charge is 0.392 e. The molecule has 2 heterocycles. The summed E-state index contributed by atoms with van der Waals surface area (Å²) in [4.78, 5) is 4.01. The summed E-state index contributed by atoms with van der Waals surface area (Å²) in [5.74, 6) is 0. The number of pyridine rings is 1. The molecule has 0 bridgehead atoms. The summed E-state index contributed by atoms with van der Waals surface area (Å²) < 4.78 is 1.63. The number of aromatic nitrogens is 4. The zero-order valence-corrected chi connectivity index (χ0v) is 9.11. The van der Waals surface area contributed by atoms with Gasteiger partial charge in [0.05, 0.1) is 11.8 Å². The summed E-state index contributed by atoms with van der Waals surface area (Å²) in [6, 6.07) is 3.82. The highest BCUT2D eigenvalue weighted by Gasteiger charge is 2.09. The summed E-state index contributed by atoms with van der Waals surface area (Å²) in [6.07, 6.45) is 5.96. The number of nitrogens with zero attached hydrogens (tertiary/aromatic N) is 4. The molecule has 1 unspecified atom stereocenters. The Morgan fingerprint density at radius 1 is 1.44 bits per heavy atom. The summed E-state index contributed by atoms with van der Waals surface area (Å²) in [5.41, 5.74) is 1.83. The van der Waals surface area contributed by atoms with E-state index >= 15 is 0 Å². The van der Waals surface area contributed by atoms with E-state index in [0.717, 1.165) is 11.3 Å². The third-order valence-electron chi connectivity index (χ3n) is 2.29. The zero-order valence-electron chi connectivity index (χ0n) is 9.11. The molecule has 0 saturated carbocycles. The minimum atomic E-state index is -0.444. The Morgan fingerprint density at radius 2 is 2.31 bits per heavy atom. The first-order chi connectivity index (χ1) is 7.74. The van der Waals surface area contributed by atoms with Gasteiger partial charge in [-0.3, -0.25) is 9.67 Å². The third kappa shape index (κ3) is 2.87. The first-order valence-corrected chi connectivity index (χ1v) is 5.16. The number of aliphatic hydroxyl groups is 1. The molecule has 0 saturated heterocycles. The average Bonchev–Trinajstić information content (AvgIpc) is 2.65. The lowest BCUT2D eigenvalue weighted by molar-refractivity contribution is 0.174. The Bertz CT molecular complexity index is 440. The number of hydrogen-bond acceptors (Lipinski definition) is 4. The van der Waals surface area contributed by atoms with Crippen LogP contribution in [0, 0.1) is 0 Å². The first kappa shape index (κ1) is 10.8. The van der Waals surface area contributed by atoms with Gasteiger partial charge in [0.2, 0.25) is 0 Å². The van der Waals surface area contributed by atoms with Crippen molar-refractivity contribution in [3.05, 3.63) is 42.0 Å². The van der Waals surface area contributed by atoms with Crippen LogP contribution in [0.3, 0.4) is 0 Å². The number of rotatable bonds is 4. The van der Waals surface area contributed by atoms with Crippen molar-refractivity contribution >= 4 is 0 Å². The third-order valence-corrected chi connectivity index (χ3v) is 2.29. The van der Waals surface area contributed by atoms with Crippen molar-refractivity contribution in [3.8, 4) is 0 Å². The standard InChI is InChI=1S/C11H14N4O/c1-15-8-10(13-14-15)6-11(16)5-9-3-2-4-12-7-9/h2-4,7-8,11,16H,5-6H2,1H3. The number of aliphatic hydroxyl groups excluding tert-OH is 1. The van der Waals surface area contributed by atoms with Gasteiger partial charge in [0, 0.05) is 38.5 Å². The highest BCUT2D eigenvalue weighted by molar-refractivity contribution is 5.10. The van der Waals surface area contributed by atoms with Crippen molar-refractivity contribution < 1.29 is 5.11 Å². The normalized spacial score (nSPS) is 12.6. The molecular formula is C11H14N4O. The molecule has 0 fully saturated rings. The highest BCUT2D eigenvalue weighted by atomic mass is 16.3. The van der Waals surface area contributed by atoms with Gasteiger partial charge in [-0.2, -0.15) is 0 Å². The monoisotopic (exact) mass is 218 g/mol. The first-order valence-electron chi connectivity index (χ1n) is 5.16. The maximum atomic E-state index is 9.86. The van der Waals surface area contributed by atoms with E-state index < -0.39 is 6.10 Å². The van der Waals surface area contributed by atoms with Crippen LogP contribution in [-0.2, 0) is 19.9 Å². The van der Waals surface area contributed by atoms with Crippen molar-refractivity contribution in [2.45, 2.75) is 18.9 Å². The summed E-state index contributed by atoms with van der Waals surface area (Å²) >= 11 is 0. The fraction of sp³-hybridized carbons (Fsp3) is 0.364. The van der Waals surface area contributed by atoms with E-state index in [4.69, 9.17) is 0 Å². The Hall–Kier alpha value is -1.75. The van der Waals surface area contributed by atoms with Crippen LogP contribution >= 0.6 is 0 Å². The quantitative estimate of drug-likeness (QED) is 0.804. The van der Waals surface area contributed by atoms with E-state index in [0.29, 0.717) is 12.8 Å². The highest BCUT2D eigenvalue weighted by Crippen LogP contribution is 2.05.